The summed E-state index contributed by atoms with van der Waals surface area (Å²) in [4.78, 5) is 34.7. The molecule has 16 aromatic heterocycles. The van der Waals surface area contributed by atoms with E-state index in [1.807, 2.05) is 123 Å². The minimum absolute atomic E-state index is 0.618. The van der Waals surface area contributed by atoms with Crippen LogP contribution in [0.2, 0.25) is 0 Å². The molecule has 0 aromatic carbocycles. The minimum Gasteiger partial charge on any atom is -0.380 e. The molecule has 0 amide bonds. The van der Waals surface area contributed by atoms with Gasteiger partial charge in [0.2, 0.25) is 17.2 Å². The number of fused-ring (bicyclic) bond motifs is 28. The molecule has 0 unspecified atom stereocenters. The summed E-state index contributed by atoms with van der Waals surface area (Å²) in [6.45, 7) is 0.970. The van der Waals surface area contributed by atoms with Crippen LogP contribution in [0.15, 0.2) is 177 Å². The first kappa shape index (κ1) is 40.0. The van der Waals surface area contributed by atoms with Gasteiger partial charge in [-0.25, -0.2) is 27.9 Å². The average Bonchev–Trinajstić information content (AvgIpc) is 2.68. The lowest BCUT2D eigenvalue weighted by atomic mass is 10.2. The van der Waals surface area contributed by atoms with E-state index in [1.165, 1.54) is 70.2 Å². The fourth-order valence-corrected chi connectivity index (χ4v) is 13.4. The minimum atomic E-state index is -2.26. The molecule has 4 aliphatic rings. The molecule has 0 radical (unpaired) electrons. The molecule has 0 N–H and O–H groups in total. The highest BCUT2D eigenvalue weighted by atomic mass is 32.1. The Balaban J connectivity index is 0.0000000863. The summed E-state index contributed by atoms with van der Waals surface area (Å²) in [6.07, 6.45) is 33.2. The second-order valence-corrected chi connectivity index (χ2v) is 20.7. The van der Waals surface area contributed by atoms with E-state index in [2.05, 4.69) is 104 Å². The van der Waals surface area contributed by atoms with Gasteiger partial charge in [0, 0.05) is 103 Å². The van der Waals surface area contributed by atoms with Gasteiger partial charge >= 0.3 is 5.89 Å². The Morgan fingerprint density at radius 1 is 0.474 bits per heavy atom. The Kier molecular flexibility index (Phi) is 8.26. The Morgan fingerprint density at radius 2 is 0.974 bits per heavy atom. The lowest BCUT2D eigenvalue weighted by Gasteiger charge is -1.95. The van der Waals surface area contributed by atoms with Crippen molar-refractivity contribution in [2.24, 2.45) is 14.0 Å². The molecule has 0 spiro atoms. The highest BCUT2D eigenvalue weighted by Gasteiger charge is 2.37. The first-order valence-electron chi connectivity index (χ1n) is 26.7. The monoisotopic (exact) mass is 1040 g/mol. The van der Waals surface area contributed by atoms with Gasteiger partial charge in [0.1, 0.15) is 23.7 Å². The quantitative estimate of drug-likeness (QED) is 0.144. The lowest BCUT2D eigenvalue weighted by molar-refractivity contribution is -0.649. The van der Waals surface area contributed by atoms with Crippen molar-refractivity contribution in [2.45, 2.75) is 26.2 Å². The highest BCUT2D eigenvalue weighted by Crippen LogP contribution is 2.37. The molecule has 0 saturated heterocycles. The third kappa shape index (κ3) is 6.01. The van der Waals surface area contributed by atoms with E-state index in [4.69, 9.17) is 8.53 Å². The Labute approximate surface area is 448 Å². The van der Waals surface area contributed by atoms with Crippen LogP contribution in [-0.4, -0.2) is 66.6 Å². The zero-order valence-electron chi connectivity index (χ0n) is 44.4. The highest BCUT2D eigenvalue weighted by molar-refractivity contribution is 7.20. The first-order chi connectivity index (χ1) is 39.7. The molecule has 20 rings (SSSR count). The maximum atomic E-state index is 8.00. The number of rotatable bonds is 0. The third-order valence-electron chi connectivity index (χ3n) is 15.6. The summed E-state index contributed by atoms with van der Waals surface area (Å²) < 4.78 is 51.0. The molecule has 16 aromatic rings. The van der Waals surface area contributed by atoms with Crippen molar-refractivity contribution in [1.29, 1.82) is 0 Å². The Bertz CT molecular complexity index is 5150. The van der Waals surface area contributed by atoms with E-state index in [0.717, 1.165) is 75.6 Å². The third-order valence-corrected chi connectivity index (χ3v) is 16.8. The number of hydrogen-bond donors (Lipinski definition) is 0. The van der Waals surface area contributed by atoms with E-state index in [9.17, 15) is 0 Å². The Hall–Kier alpha value is -10.3. The van der Waals surface area contributed by atoms with Crippen LogP contribution in [-0.2, 0) is 40.2 Å². The van der Waals surface area contributed by atoms with E-state index >= 15 is 0 Å². The van der Waals surface area contributed by atoms with Gasteiger partial charge in [-0.15, -0.1) is 0 Å². The van der Waals surface area contributed by atoms with Crippen LogP contribution in [0.5, 0.6) is 0 Å². The number of pyridine rings is 4. The number of imidazole rings is 2. The lowest BCUT2D eigenvalue weighted by Crippen LogP contribution is -2.32. The molecular formula is C58H42N18OS+4. The van der Waals surface area contributed by atoms with Crippen molar-refractivity contribution in [3.8, 4) is 44.8 Å². The Morgan fingerprint density at radius 3 is 1.63 bits per heavy atom. The van der Waals surface area contributed by atoms with Crippen molar-refractivity contribution >= 4 is 77.3 Å². The van der Waals surface area contributed by atoms with Crippen molar-refractivity contribution < 1.29 is 26.8 Å². The standard InChI is InChI=1S/2C15H12N5.C14H9N4O.C14H9N4S/c2*1-18-13-6-11-8-17-4-5-19(11)15(13)20-9-10-7-16-3-2-12(10)14(18)20;2*1-3-16-8-18-10(1)5-12-14(18)19-13-11-2-4-15-6-9(11)7-17(12)13/h2*2-8H,9H2,1H3;2*1-6,8H,7H2/q4*+1/i1D3;;;. The summed E-state index contributed by atoms with van der Waals surface area (Å²) in [5.41, 5.74) is 21.0. The number of hydrogen-bond acceptors (Lipinski definition) is 10. The molecule has 78 heavy (non-hydrogen) atoms. The average molecular weight is 1040 g/mol. The summed E-state index contributed by atoms with van der Waals surface area (Å²) in [5, 5.41) is 1.32. The van der Waals surface area contributed by atoms with Gasteiger partial charge in [-0.05, 0) is 47.7 Å². The molecule has 372 valence electrons. The largest absolute Gasteiger partial charge is 0.383 e. The molecule has 4 aliphatic heterocycles. The molecule has 0 fully saturated rings. The van der Waals surface area contributed by atoms with Gasteiger partial charge in [0.15, 0.2) is 29.0 Å². The number of aromatic nitrogens is 18. The van der Waals surface area contributed by atoms with Crippen LogP contribution in [0.1, 0.15) is 26.4 Å². The molecule has 0 bridgehead atoms. The van der Waals surface area contributed by atoms with E-state index in [0.29, 0.717) is 17.9 Å². The SMILES string of the molecule is Cn1c2[n+](c3c1cc1cnccn13)Cc1cnccc1-2.[2H]C([2H])([2H])n1c2[n+](c3c1cc1cnccn13)Cc1cnccc1-2.c1cc2c(cn1)C[n+]1c-2oc2c1cc1ccncn12.c1cc2c(cn1)C[n+]1c-2sc2c1cc1ccncn12. The normalized spacial score (nSPS) is 13.8. The van der Waals surface area contributed by atoms with Crippen molar-refractivity contribution in [3.63, 3.8) is 0 Å². The molecular weight excluding hydrogens is 997 g/mol. The van der Waals surface area contributed by atoms with Crippen molar-refractivity contribution in [1.82, 2.24) is 66.6 Å². The summed E-state index contributed by atoms with van der Waals surface area (Å²) in [5.74, 6) is 2.86. The second kappa shape index (κ2) is 16.1. The van der Waals surface area contributed by atoms with Gasteiger partial charge in [0.25, 0.3) is 27.5 Å². The van der Waals surface area contributed by atoms with Gasteiger partial charge in [-0.3, -0.25) is 47.8 Å². The number of thiazole rings is 1. The maximum Gasteiger partial charge on any atom is 0.383 e. The fourth-order valence-electron chi connectivity index (χ4n) is 12.1. The first-order valence-corrected chi connectivity index (χ1v) is 26.1. The van der Waals surface area contributed by atoms with Crippen LogP contribution in [0.25, 0.3) is 111 Å². The zero-order valence-corrected chi connectivity index (χ0v) is 42.2. The number of nitrogens with zero attached hydrogens (tertiary/aromatic N) is 18. The van der Waals surface area contributed by atoms with E-state index in [1.54, 1.807) is 43.5 Å². The zero-order chi connectivity index (χ0) is 53.8. The fraction of sp³-hybridized carbons (Fsp3) is 0.103. The van der Waals surface area contributed by atoms with Crippen LogP contribution in [0, 0.1) is 0 Å². The van der Waals surface area contributed by atoms with Crippen LogP contribution in [0.4, 0.5) is 0 Å². The summed E-state index contributed by atoms with van der Waals surface area (Å²) in [7, 11) is 2.12. The number of oxazole rings is 1. The number of aryl methyl sites for hydroxylation is 2. The predicted octanol–water partition coefficient (Wildman–Crippen LogP) is 7.13. The topological polar surface area (TPSA) is 159 Å². The van der Waals surface area contributed by atoms with Crippen LogP contribution >= 0.6 is 11.3 Å². The van der Waals surface area contributed by atoms with E-state index in [-0.39, 0.29) is 0 Å². The van der Waals surface area contributed by atoms with Gasteiger partial charge in [-0.1, -0.05) is 0 Å². The molecule has 19 nitrogen and oxygen atoms in total. The van der Waals surface area contributed by atoms with Gasteiger partial charge < -0.3 is 4.42 Å². The maximum absolute atomic E-state index is 8.00. The molecule has 20 heteroatoms. The molecule has 0 saturated carbocycles. The van der Waals surface area contributed by atoms with Gasteiger partial charge in [-0.2, -0.15) is 9.13 Å². The summed E-state index contributed by atoms with van der Waals surface area (Å²) in [6, 6.07) is 20.5. The van der Waals surface area contributed by atoms with Crippen molar-refractivity contribution in [2.75, 3.05) is 0 Å². The predicted molar refractivity (Wildman–Crippen MR) is 289 cm³/mol. The smallest absolute Gasteiger partial charge is 0.380 e. The van der Waals surface area contributed by atoms with E-state index < -0.39 is 6.98 Å². The van der Waals surface area contributed by atoms with Crippen LogP contribution in [0.3, 0.4) is 0 Å². The second-order valence-electron chi connectivity index (χ2n) is 19.7. The van der Waals surface area contributed by atoms with Gasteiger partial charge in [0.05, 0.1) is 107 Å². The molecule has 20 heterocycles. The molecule has 0 aliphatic carbocycles. The summed E-state index contributed by atoms with van der Waals surface area (Å²) >= 11 is 1.82. The molecule has 0 atom stereocenters. The van der Waals surface area contributed by atoms with Crippen LogP contribution < -0.4 is 18.3 Å². The van der Waals surface area contributed by atoms with Crippen molar-refractivity contribution in [3.05, 3.63) is 195 Å².